The van der Waals surface area contributed by atoms with Gasteiger partial charge in [-0.1, -0.05) is 31.5 Å². The predicted octanol–water partition coefficient (Wildman–Crippen LogP) is 3.31. The Morgan fingerprint density at radius 1 is 1.07 bits per heavy atom. The number of nitrogens with one attached hydrogen (secondary N) is 1. The van der Waals surface area contributed by atoms with E-state index in [2.05, 4.69) is 17.5 Å². The van der Waals surface area contributed by atoms with Gasteiger partial charge in [-0.2, -0.15) is 13.2 Å². The van der Waals surface area contributed by atoms with Crippen molar-refractivity contribution < 1.29 is 13.2 Å². The number of halogens is 3. The van der Waals surface area contributed by atoms with Crippen molar-refractivity contribution in [2.45, 2.75) is 38.1 Å². The summed E-state index contributed by atoms with van der Waals surface area (Å²) in [5.41, 5.74) is 0. The van der Waals surface area contributed by atoms with Gasteiger partial charge in [0.15, 0.2) is 0 Å². The smallest absolute Gasteiger partial charge is 0.308 e. The van der Waals surface area contributed by atoms with Gasteiger partial charge in [0.25, 0.3) is 0 Å². The second-order valence-corrected chi connectivity index (χ2v) is 3.79. The van der Waals surface area contributed by atoms with E-state index in [1.807, 2.05) is 0 Å². The first-order valence-corrected chi connectivity index (χ1v) is 5.03. The molecular weight excluding hydrogens is 211 g/mol. The molecule has 1 aliphatic carbocycles. The van der Waals surface area contributed by atoms with Crippen LogP contribution in [-0.2, 0) is 0 Å². The third-order valence-corrected chi connectivity index (χ3v) is 2.60. The fourth-order valence-corrected chi connectivity index (χ4v) is 1.83. The lowest BCUT2D eigenvalue weighted by molar-refractivity contribution is 0.384. The Bertz CT molecular complexity index is 242. The van der Waals surface area contributed by atoms with Gasteiger partial charge in [-0.05, 0) is 12.8 Å². The average Bonchev–Trinajstić information content (AvgIpc) is 2.18. The molecule has 0 aromatic heterocycles. The molecule has 1 nitrogen and oxygen atoms in total. The van der Waals surface area contributed by atoms with E-state index in [1.54, 1.807) is 0 Å². The van der Waals surface area contributed by atoms with Gasteiger partial charge in [0.1, 0.15) is 4.99 Å². The topological polar surface area (TPSA) is 12.0 Å². The highest BCUT2D eigenvalue weighted by molar-refractivity contribution is 7.80. The molecule has 0 atom stereocenters. The average molecular weight is 223 g/mol. The molecule has 0 saturated heterocycles. The van der Waals surface area contributed by atoms with Crippen LogP contribution in [0, 0.1) is 0 Å². The molecule has 1 fully saturated rings. The molecule has 0 spiro atoms. The summed E-state index contributed by atoms with van der Waals surface area (Å²) < 4.78 is 36.2. The predicted molar refractivity (Wildman–Crippen MR) is 53.0 cm³/mol. The highest BCUT2D eigenvalue weighted by Crippen LogP contribution is 2.19. The lowest BCUT2D eigenvalue weighted by Gasteiger charge is -2.23. The summed E-state index contributed by atoms with van der Waals surface area (Å²) >= 11 is 4.51. The molecule has 1 aliphatic rings. The van der Waals surface area contributed by atoms with Crippen molar-refractivity contribution in [3.05, 3.63) is 11.9 Å². The van der Waals surface area contributed by atoms with Gasteiger partial charge in [-0.25, -0.2) is 0 Å². The van der Waals surface area contributed by atoms with Gasteiger partial charge in [0.2, 0.25) is 5.83 Å². The number of thiocarbonyl (C=S) groups is 1. The Kier molecular flexibility index (Phi) is 4.38. The fraction of sp³-hybridized carbons (Fsp3) is 0.667. The maximum atomic E-state index is 12.6. The van der Waals surface area contributed by atoms with Gasteiger partial charge in [-0.15, -0.1) is 0 Å². The third kappa shape index (κ3) is 3.29. The molecular formula is C9H12F3NS. The Labute approximate surface area is 86.4 Å². The molecule has 0 aromatic carbocycles. The van der Waals surface area contributed by atoms with Gasteiger partial charge in [0.05, 0.1) is 0 Å². The molecule has 0 radical (unpaired) electrons. The van der Waals surface area contributed by atoms with Gasteiger partial charge in [0, 0.05) is 6.04 Å². The standard InChI is InChI=1S/C9H12F3NS/c10-7(8(11)12)9(14)13-6-4-2-1-3-5-6/h6H,1-5H2,(H,13,14). The quantitative estimate of drug-likeness (QED) is 0.569. The number of hydrogen-bond donors (Lipinski definition) is 1. The van der Waals surface area contributed by atoms with Crippen LogP contribution in [0.4, 0.5) is 13.2 Å². The van der Waals surface area contributed by atoms with Crippen molar-refractivity contribution >= 4 is 17.2 Å². The fourth-order valence-electron chi connectivity index (χ4n) is 1.58. The van der Waals surface area contributed by atoms with Crippen LogP contribution in [0.25, 0.3) is 0 Å². The Balaban J connectivity index is 2.43. The second-order valence-electron chi connectivity index (χ2n) is 3.38. The lowest BCUT2D eigenvalue weighted by atomic mass is 9.95. The van der Waals surface area contributed by atoms with Crippen LogP contribution in [0.5, 0.6) is 0 Å². The molecule has 5 heteroatoms. The molecule has 1 rings (SSSR count). The van der Waals surface area contributed by atoms with Crippen LogP contribution < -0.4 is 5.32 Å². The minimum atomic E-state index is -2.35. The van der Waals surface area contributed by atoms with E-state index in [0.29, 0.717) is 0 Å². The largest absolute Gasteiger partial charge is 0.371 e. The first kappa shape index (κ1) is 11.5. The minimum absolute atomic E-state index is 0.0568. The van der Waals surface area contributed by atoms with Crippen molar-refractivity contribution in [2.24, 2.45) is 0 Å². The van der Waals surface area contributed by atoms with Crippen LogP contribution in [0.15, 0.2) is 11.9 Å². The zero-order valence-electron chi connectivity index (χ0n) is 7.66. The van der Waals surface area contributed by atoms with Crippen LogP contribution >= 0.6 is 12.2 Å². The number of rotatable bonds is 2. The SMILES string of the molecule is FC(F)=C(F)C(=S)NC1CCCCC1. The van der Waals surface area contributed by atoms with Crippen molar-refractivity contribution in [1.29, 1.82) is 0 Å². The molecule has 80 valence electrons. The van der Waals surface area contributed by atoms with E-state index in [0.717, 1.165) is 32.1 Å². The maximum absolute atomic E-state index is 12.6. The molecule has 14 heavy (non-hydrogen) atoms. The van der Waals surface area contributed by atoms with Crippen molar-refractivity contribution in [2.75, 3.05) is 0 Å². The summed E-state index contributed by atoms with van der Waals surface area (Å²) in [4.78, 5) is -0.461. The summed E-state index contributed by atoms with van der Waals surface area (Å²) in [6.07, 6.45) is 2.65. The van der Waals surface area contributed by atoms with Crippen molar-refractivity contribution in [3.63, 3.8) is 0 Å². The van der Waals surface area contributed by atoms with Gasteiger partial charge < -0.3 is 5.32 Å². The summed E-state index contributed by atoms with van der Waals surface area (Å²) in [6.45, 7) is 0. The van der Waals surface area contributed by atoms with E-state index < -0.39 is 16.9 Å². The van der Waals surface area contributed by atoms with E-state index in [9.17, 15) is 13.2 Å². The highest BCUT2D eigenvalue weighted by Gasteiger charge is 2.18. The number of hydrogen-bond acceptors (Lipinski definition) is 1. The van der Waals surface area contributed by atoms with Crippen molar-refractivity contribution in [3.8, 4) is 0 Å². The molecule has 0 aliphatic heterocycles. The van der Waals surface area contributed by atoms with E-state index in [1.165, 1.54) is 0 Å². The first-order valence-electron chi connectivity index (χ1n) is 4.63. The summed E-state index contributed by atoms with van der Waals surface area (Å²) in [5.74, 6) is -1.59. The van der Waals surface area contributed by atoms with Crippen LogP contribution in [0.2, 0.25) is 0 Å². The second kappa shape index (κ2) is 5.34. The molecule has 1 N–H and O–H groups in total. The Morgan fingerprint density at radius 3 is 2.14 bits per heavy atom. The monoisotopic (exact) mass is 223 g/mol. The maximum Gasteiger partial charge on any atom is 0.308 e. The summed E-state index contributed by atoms with van der Waals surface area (Å²) in [5, 5.41) is 2.62. The van der Waals surface area contributed by atoms with E-state index in [-0.39, 0.29) is 6.04 Å². The minimum Gasteiger partial charge on any atom is -0.371 e. The Morgan fingerprint density at radius 2 is 1.64 bits per heavy atom. The lowest BCUT2D eigenvalue weighted by Crippen LogP contribution is -2.35. The molecule has 1 saturated carbocycles. The normalized spacial score (nSPS) is 17.6. The first-order chi connectivity index (χ1) is 6.61. The van der Waals surface area contributed by atoms with Crippen LogP contribution in [0.3, 0.4) is 0 Å². The Hall–Kier alpha value is -0.580. The van der Waals surface area contributed by atoms with E-state index in [4.69, 9.17) is 0 Å². The van der Waals surface area contributed by atoms with E-state index >= 15 is 0 Å². The molecule has 0 heterocycles. The molecule has 0 aromatic rings. The highest BCUT2D eigenvalue weighted by atomic mass is 32.1. The molecule has 0 amide bonds. The molecule has 0 unspecified atom stereocenters. The summed E-state index contributed by atoms with van der Waals surface area (Å²) in [7, 11) is 0. The zero-order valence-corrected chi connectivity index (χ0v) is 8.47. The van der Waals surface area contributed by atoms with Gasteiger partial charge >= 0.3 is 6.08 Å². The van der Waals surface area contributed by atoms with Crippen molar-refractivity contribution in [1.82, 2.24) is 5.32 Å². The van der Waals surface area contributed by atoms with Crippen LogP contribution in [0.1, 0.15) is 32.1 Å². The third-order valence-electron chi connectivity index (χ3n) is 2.31. The molecule has 0 bridgehead atoms. The zero-order chi connectivity index (χ0) is 10.6. The van der Waals surface area contributed by atoms with Crippen LogP contribution in [-0.4, -0.2) is 11.0 Å². The van der Waals surface area contributed by atoms with Gasteiger partial charge in [-0.3, -0.25) is 0 Å². The summed E-state index contributed by atoms with van der Waals surface area (Å²) in [6, 6.07) is 0.0568.